The predicted molar refractivity (Wildman–Crippen MR) is 55.3 cm³/mol. The van der Waals surface area contributed by atoms with Crippen molar-refractivity contribution in [2.24, 2.45) is 0 Å². The molecule has 0 aliphatic carbocycles. The minimum Gasteiger partial charge on any atom is -0.453 e. The van der Waals surface area contributed by atoms with Crippen LogP contribution in [-0.4, -0.2) is 8.32 Å². The minimum absolute atomic E-state index is 0.208. The molecule has 0 fully saturated rings. The van der Waals surface area contributed by atoms with Crippen LogP contribution in [-0.2, 0) is 9.16 Å². The van der Waals surface area contributed by atoms with Crippen molar-refractivity contribution in [1.29, 1.82) is 0 Å². The van der Waals surface area contributed by atoms with Crippen molar-refractivity contribution in [3.8, 4) is 0 Å². The molecule has 13 heavy (non-hydrogen) atoms. The Hall–Kier alpha value is -0.793. The van der Waals surface area contributed by atoms with Crippen molar-refractivity contribution in [2.45, 2.75) is 38.9 Å². The highest BCUT2D eigenvalue weighted by atomic mass is 28.4. The van der Waals surface area contributed by atoms with Gasteiger partial charge >= 0.3 is 5.95 Å². The molecule has 0 aromatic rings. The highest BCUT2D eigenvalue weighted by molar-refractivity contribution is 6.74. The van der Waals surface area contributed by atoms with Gasteiger partial charge < -0.3 is 4.43 Å². The molecule has 1 heterocycles. The Balaban J connectivity index is 2.62. The summed E-state index contributed by atoms with van der Waals surface area (Å²) in [5, 5.41) is 0.208. The molecule has 0 radical (unpaired) electrons. The normalized spacial score (nSPS) is 16.2. The number of rotatable bonds is 2. The van der Waals surface area contributed by atoms with E-state index in [-0.39, 0.29) is 5.04 Å². The van der Waals surface area contributed by atoms with E-state index in [2.05, 4.69) is 40.1 Å². The van der Waals surface area contributed by atoms with Crippen LogP contribution in [0.3, 0.4) is 0 Å². The Morgan fingerprint density at radius 3 is 2.38 bits per heavy atom. The molecule has 0 N–H and O–H groups in total. The van der Waals surface area contributed by atoms with Gasteiger partial charge in [0.05, 0.1) is 0 Å². The van der Waals surface area contributed by atoms with Crippen LogP contribution >= 0.6 is 0 Å². The number of hydrogen-bond acceptors (Lipinski definition) is 2. The monoisotopic (exact) mass is 197 g/mol. The molecule has 0 spiro atoms. The third kappa shape index (κ3) is 2.33. The number of hydrogen-bond donors (Lipinski definition) is 0. The van der Waals surface area contributed by atoms with Crippen molar-refractivity contribution in [3.63, 3.8) is 0 Å². The smallest absolute Gasteiger partial charge is 0.437 e. The molecular weight excluding hydrogens is 180 g/mol. The first-order valence-electron chi connectivity index (χ1n) is 4.48. The molecule has 0 atom stereocenters. The van der Waals surface area contributed by atoms with Gasteiger partial charge in [-0.3, -0.25) is 0 Å². The zero-order valence-corrected chi connectivity index (χ0v) is 9.97. The molecule has 0 aromatic heterocycles. The summed E-state index contributed by atoms with van der Waals surface area (Å²) in [4.78, 5) is 0. The van der Waals surface area contributed by atoms with E-state index in [0.717, 1.165) is 0 Å². The molecule has 1 aliphatic rings. The summed E-state index contributed by atoms with van der Waals surface area (Å²) in [7, 11) is -1.72. The second-order valence-corrected chi connectivity index (χ2v) is 9.46. The maximum absolute atomic E-state index is 5.85. The third-order valence-electron chi connectivity index (χ3n) is 2.61. The minimum atomic E-state index is -1.72. The van der Waals surface area contributed by atoms with Gasteiger partial charge in [-0.25, -0.2) is 4.74 Å². The fourth-order valence-corrected chi connectivity index (χ4v) is 1.61. The van der Waals surface area contributed by atoms with Gasteiger partial charge in [0, 0.05) is 0 Å². The van der Waals surface area contributed by atoms with Gasteiger partial charge in [0.25, 0.3) is 8.32 Å². The van der Waals surface area contributed by atoms with Crippen molar-refractivity contribution in [3.05, 3.63) is 24.4 Å². The summed E-state index contributed by atoms with van der Waals surface area (Å²) >= 11 is 0. The van der Waals surface area contributed by atoms with Gasteiger partial charge in [0.1, 0.15) is 0 Å². The summed E-state index contributed by atoms with van der Waals surface area (Å²) in [6, 6.07) is 0. The molecule has 1 aliphatic heterocycles. The van der Waals surface area contributed by atoms with E-state index in [0.29, 0.717) is 5.95 Å². The van der Waals surface area contributed by atoms with Gasteiger partial charge in [-0.1, -0.05) is 20.8 Å². The van der Waals surface area contributed by atoms with E-state index < -0.39 is 8.32 Å². The van der Waals surface area contributed by atoms with Crippen molar-refractivity contribution >= 4 is 8.32 Å². The van der Waals surface area contributed by atoms with Crippen molar-refractivity contribution in [2.75, 3.05) is 0 Å². The second kappa shape index (κ2) is 3.16. The first-order valence-corrected chi connectivity index (χ1v) is 7.39. The van der Waals surface area contributed by atoms with E-state index in [1.165, 1.54) is 0 Å². The van der Waals surface area contributed by atoms with Crippen LogP contribution in [0.15, 0.2) is 18.1 Å². The summed E-state index contributed by atoms with van der Waals surface area (Å²) < 4.78 is 10.9. The second-order valence-electron chi connectivity index (χ2n) is 4.73. The van der Waals surface area contributed by atoms with Gasteiger partial charge in [0.2, 0.25) is 6.26 Å². The SMILES string of the molecule is CC(C)(C)[Si](C)(C)OC1=CC=[C+]O1. The lowest BCUT2D eigenvalue weighted by atomic mass is 10.2. The summed E-state index contributed by atoms with van der Waals surface area (Å²) in [5.74, 6) is 0.589. The van der Waals surface area contributed by atoms with E-state index in [9.17, 15) is 0 Å². The number of allylic oxidation sites excluding steroid dienone is 2. The quantitative estimate of drug-likeness (QED) is 0.500. The van der Waals surface area contributed by atoms with Crippen LogP contribution in [0.25, 0.3) is 0 Å². The third-order valence-corrected chi connectivity index (χ3v) is 6.93. The van der Waals surface area contributed by atoms with Crippen LogP contribution in [0.4, 0.5) is 0 Å². The predicted octanol–water partition coefficient (Wildman–Crippen LogP) is 3.20. The average molecular weight is 197 g/mol. The standard InChI is InChI=1S/C10H17O2Si/c1-10(2,3)13(4,5)12-9-7-6-8-11-9/h6-7H,1-5H3/q+1. The zero-order chi connectivity index (χ0) is 10.1. The van der Waals surface area contributed by atoms with E-state index in [1.54, 1.807) is 12.2 Å². The van der Waals surface area contributed by atoms with Crippen molar-refractivity contribution < 1.29 is 9.16 Å². The Kier molecular flexibility index (Phi) is 2.50. The number of ether oxygens (including phenoxy) is 1. The molecule has 0 saturated carbocycles. The Bertz CT molecular complexity index is 246. The molecule has 0 unspecified atom stereocenters. The van der Waals surface area contributed by atoms with E-state index >= 15 is 0 Å². The molecule has 3 heteroatoms. The molecular formula is C10H17O2Si+. The van der Waals surface area contributed by atoms with E-state index in [4.69, 9.17) is 9.16 Å². The maximum Gasteiger partial charge on any atom is 0.437 e. The highest BCUT2D eigenvalue weighted by Crippen LogP contribution is 2.38. The Morgan fingerprint density at radius 2 is 2.00 bits per heavy atom. The molecule has 0 saturated heterocycles. The lowest BCUT2D eigenvalue weighted by molar-refractivity contribution is 0.168. The summed E-state index contributed by atoms with van der Waals surface area (Å²) in [6.45, 7) is 11.0. The maximum atomic E-state index is 5.85. The summed E-state index contributed by atoms with van der Waals surface area (Å²) in [5.41, 5.74) is 0. The van der Waals surface area contributed by atoms with Crippen LogP contribution < -0.4 is 0 Å². The summed E-state index contributed by atoms with van der Waals surface area (Å²) in [6.07, 6.45) is 6.16. The average Bonchev–Trinajstić information content (AvgIpc) is 2.35. The van der Waals surface area contributed by atoms with Crippen molar-refractivity contribution in [1.82, 2.24) is 0 Å². The van der Waals surface area contributed by atoms with Crippen LogP contribution in [0.5, 0.6) is 0 Å². The molecule has 1 rings (SSSR count). The molecule has 2 nitrogen and oxygen atoms in total. The molecule has 0 bridgehead atoms. The van der Waals surface area contributed by atoms with Crippen LogP contribution in [0.1, 0.15) is 20.8 Å². The lowest BCUT2D eigenvalue weighted by Gasteiger charge is -2.33. The topological polar surface area (TPSA) is 18.5 Å². The molecule has 0 aromatic carbocycles. The first kappa shape index (κ1) is 10.3. The van der Waals surface area contributed by atoms with Gasteiger partial charge in [-0.15, -0.1) is 0 Å². The van der Waals surface area contributed by atoms with E-state index in [1.807, 2.05) is 0 Å². The Morgan fingerprint density at radius 1 is 1.38 bits per heavy atom. The molecule has 0 amide bonds. The van der Waals surface area contributed by atoms with Crippen LogP contribution in [0, 0.1) is 6.26 Å². The molecule has 72 valence electrons. The lowest BCUT2D eigenvalue weighted by Crippen LogP contribution is -2.40. The van der Waals surface area contributed by atoms with Gasteiger partial charge in [0.15, 0.2) is 12.2 Å². The largest absolute Gasteiger partial charge is 0.453 e. The first-order chi connectivity index (χ1) is 5.83. The Labute approximate surface area is 81.4 Å². The fraction of sp³-hybridized carbons (Fsp3) is 0.600. The van der Waals surface area contributed by atoms with Gasteiger partial charge in [-0.05, 0) is 18.1 Å². The highest BCUT2D eigenvalue weighted by Gasteiger charge is 2.42. The fourth-order valence-electron chi connectivity index (χ4n) is 0.688. The van der Waals surface area contributed by atoms with Crippen LogP contribution in [0.2, 0.25) is 18.1 Å². The van der Waals surface area contributed by atoms with Gasteiger partial charge in [-0.2, -0.15) is 0 Å². The zero-order valence-electron chi connectivity index (χ0n) is 8.97.